The largest absolute Gasteiger partial charge is 0.475 e. The second kappa shape index (κ2) is 4.23. The number of carbonyl (C=O) groups is 1. The highest BCUT2D eigenvalue weighted by Crippen LogP contribution is 2.27. The molecule has 2 N–H and O–H groups in total. The van der Waals surface area contributed by atoms with Gasteiger partial charge >= 0.3 is 5.97 Å². The Bertz CT molecular complexity index is 606. The number of carboxylic acid groups (broad SMARTS) is 1. The van der Waals surface area contributed by atoms with E-state index in [1.165, 1.54) is 5.56 Å². The van der Waals surface area contributed by atoms with Crippen molar-refractivity contribution >= 4 is 5.97 Å². The van der Waals surface area contributed by atoms with E-state index in [4.69, 9.17) is 9.63 Å². The van der Waals surface area contributed by atoms with E-state index in [2.05, 4.69) is 15.5 Å². The van der Waals surface area contributed by atoms with Crippen molar-refractivity contribution in [3.8, 4) is 11.5 Å². The van der Waals surface area contributed by atoms with Gasteiger partial charge in [-0.3, -0.25) is 0 Å². The molecule has 0 radical (unpaired) electrons. The van der Waals surface area contributed by atoms with Crippen LogP contribution < -0.4 is 5.32 Å². The molecule has 1 aliphatic heterocycles. The first-order valence-electron chi connectivity index (χ1n) is 5.64. The zero-order valence-electron chi connectivity index (χ0n) is 9.51. The fourth-order valence-corrected chi connectivity index (χ4v) is 2.15. The van der Waals surface area contributed by atoms with Crippen molar-refractivity contribution in [2.45, 2.75) is 13.0 Å². The average molecular weight is 245 g/mol. The van der Waals surface area contributed by atoms with Gasteiger partial charge in [0.25, 0.3) is 11.7 Å². The molecule has 0 amide bonds. The molecule has 6 nitrogen and oxygen atoms in total. The normalized spacial score (nSPS) is 14.2. The quantitative estimate of drug-likeness (QED) is 0.823. The summed E-state index contributed by atoms with van der Waals surface area (Å²) in [5.41, 5.74) is 3.17. The monoisotopic (exact) mass is 245 g/mol. The molecule has 0 bridgehead atoms. The minimum absolute atomic E-state index is 0.270. The molecule has 1 aromatic carbocycles. The van der Waals surface area contributed by atoms with Crippen LogP contribution in [0.25, 0.3) is 11.5 Å². The molecule has 0 aliphatic carbocycles. The van der Waals surface area contributed by atoms with Crippen molar-refractivity contribution in [1.82, 2.24) is 15.5 Å². The third kappa shape index (κ3) is 1.76. The number of aromatic carboxylic acids is 1. The summed E-state index contributed by atoms with van der Waals surface area (Å²) in [6.07, 6.45) is 0.871. The van der Waals surface area contributed by atoms with Crippen molar-refractivity contribution in [1.29, 1.82) is 0 Å². The first-order valence-corrected chi connectivity index (χ1v) is 5.64. The number of nitrogens with one attached hydrogen (secondary N) is 1. The Labute approximate surface area is 103 Å². The molecule has 2 heterocycles. The van der Waals surface area contributed by atoms with Crippen LogP contribution in [0, 0.1) is 0 Å². The molecular weight excluding hydrogens is 234 g/mol. The predicted molar refractivity (Wildman–Crippen MR) is 62.1 cm³/mol. The van der Waals surface area contributed by atoms with Gasteiger partial charge in [0, 0.05) is 12.1 Å². The number of benzene rings is 1. The topological polar surface area (TPSA) is 88.2 Å². The minimum Gasteiger partial charge on any atom is -0.475 e. The zero-order chi connectivity index (χ0) is 12.5. The Hall–Kier alpha value is -2.21. The van der Waals surface area contributed by atoms with Gasteiger partial charge in [-0.05, 0) is 35.3 Å². The van der Waals surface area contributed by atoms with Crippen LogP contribution in [0.1, 0.15) is 21.7 Å². The first-order chi connectivity index (χ1) is 8.75. The Morgan fingerprint density at radius 3 is 3.11 bits per heavy atom. The summed E-state index contributed by atoms with van der Waals surface area (Å²) in [5, 5.41) is 15.5. The van der Waals surface area contributed by atoms with E-state index in [1.807, 2.05) is 18.2 Å². The molecule has 0 fully saturated rings. The van der Waals surface area contributed by atoms with E-state index in [-0.39, 0.29) is 11.7 Å². The molecule has 0 saturated carbocycles. The SMILES string of the molecule is O=C(O)c1noc(-c2cccc3c2CCNC3)n1. The lowest BCUT2D eigenvalue weighted by molar-refractivity contribution is 0.0680. The molecule has 18 heavy (non-hydrogen) atoms. The van der Waals surface area contributed by atoms with Crippen LogP contribution in [-0.4, -0.2) is 27.8 Å². The number of fused-ring (bicyclic) bond motifs is 1. The van der Waals surface area contributed by atoms with Gasteiger partial charge in [-0.1, -0.05) is 12.1 Å². The summed E-state index contributed by atoms with van der Waals surface area (Å²) in [5.74, 6) is -1.22. The highest BCUT2D eigenvalue weighted by Gasteiger charge is 2.19. The minimum atomic E-state index is -1.18. The fraction of sp³-hybridized carbons (Fsp3) is 0.250. The number of rotatable bonds is 2. The summed E-state index contributed by atoms with van der Waals surface area (Å²) in [7, 11) is 0. The maximum Gasteiger partial charge on any atom is 0.377 e. The molecule has 0 saturated heterocycles. The van der Waals surface area contributed by atoms with Crippen LogP contribution in [0.4, 0.5) is 0 Å². The van der Waals surface area contributed by atoms with Gasteiger partial charge in [0.1, 0.15) is 0 Å². The summed E-state index contributed by atoms with van der Waals surface area (Å²) >= 11 is 0. The summed E-state index contributed by atoms with van der Waals surface area (Å²) < 4.78 is 5.02. The van der Waals surface area contributed by atoms with Gasteiger partial charge in [0.2, 0.25) is 0 Å². The van der Waals surface area contributed by atoms with Crippen molar-refractivity contribution in [3.63, 3.8) is 0 Å². The van der Waals surface area contributed by atoms with Crippen LogP contribution in [0.3, 0.4) is 0 Å². The Balaban J connectivity index is 2.08. The van der Waals surface area contributed by atoms with Gasteiger partial charge in [0.05, 0.1) is 0 Å². The van der Waals surface area contributed by atoms with Crippen LogP contribution in [0.5, 0.6) is 0 Å². The smallest absolute Gasteiger partial charge is 0.377 e. The molecule has 2 aromatic rings. The molecule has 3 rings (SSSR count). The average Bonchev–Trinajstić information content (AvgIpc) is 2.87. The molecule has 6 heteroatoms. The fourth-order valence-electron chi connectivity index (χ4n) is 2.15. The summed E-state index contributed by atoms with van der Waals surface area (Å²) in [6, 6.07) is 5.83. The second-order valence-corrected chi connectivity index (χ2v) is 4.10. The number of aromatic nitrogens is 2. The lowest BCUT2D eigenvalue weighted by atomic mass is 9.95. The van der Waals surface area contributed by atoms with Crippen LogP contribution >= 0.6 is 0 Å². The van der Waals surface area contributed by atoms with Gasteiger partial charge in [0.15, 0.2) is 0 Å². The summed E-state index contributed by atoms with van der Waals surface area (Å²) in [4.78, 5) is 14.6. The Morgan fingerprint density at radius 2 is 2.33 bits per heavy atom. The third-order valence-corrected chi connectivity index (χ3v) is 2.99. The van der Waals surface area contributed by atoms with E-state index < -0.39 is 5.97 Å². The first kappa shape index (κ1) is 10.9. The predicted octanol–water partition coefficient (Wildman–Crippen LogP) is 1.08. The molecular formula is C12H11N3O3. The van der Waals surface area contributed by atoms with Crippen molar-refractivity contribution in [2.24, 2.45) is 0 Å². The molecule has 1 aromatic heterocycles. The number of hydrogen-bond donors (Lipinski definition) is 2. The van der Waals surface area contributed by atoms with E-state index in [0.717, 1.165) is 30.6 Å². The van der Waals surface area contributed by atoms with Crippen molar-refractivity contribution in [3.05, 3.63) is 35.2 Å². The van der Waals surface area contributed by atoms with Gasteiger partial charge in [-0.2, -0.15) is 4.98 Å². The van der Waals surface area contributed by atoms with Crippen LogP contribution in [0.2, 0.25) is 0 Å². The molecule has 0 atom stereocenters. The second-order valence-electron chi connectivity index (χ2n) is 4.10. The molecule has 0 spiro atoms. The highest BCUT2D eigenvalue weighted by atomic mass is 16.5. The molecule has 0 unspecified atom stereocenters. The van der Waals surface area contributed by atoms with E-state index in [0.29, 0.717) is 0 Å². The van der Waals surface area contributed by atoms with E-state index >= 15 is 0 Å². The zero-order valence-corrected chi connectivity index (χ0v) is 9.51. The maximum atomic E-state index is 10.7. The van der Waals surface area contributed by atoms with Crippen molar-refractivity contribution in [2.75, 3.05) is 6.54 Å². The van der Waals surface area contributed by atoms with Gasteiger partial charge in [-0.15, -0.1) is 0 Å². The standard InChI is InChI=1S/C12H11N3O3/c16-12(17)10-14-11(18-15-10)9-3-1-2-7-6-13-5-4-8(7)9/h1-3,13H,4-6H2,(H,16,17). The molecule has 92 valence electrons. The Morgan fingerprint density at radius 1 is 1.44 bits per heavy atom. The lowest BCUT2D eigenvalue weighted by Gasteiger charge is -2.18. The van der Waals surface area contributed by atoms with Crippen LogP contribution in [-0.2, 0) is 13.0 Å². The number of carboxylic acids is 1. The maximum absolute atomic E-state index is 10.7. The van der Waals surface area contributed by atoms with Gasteiger partial charge in [-0.25, -0.2) is 4.79 Å². The number of nitrogens with zero attached hydrogens (tertiary/aromatic N) is 2. The van der Waals surface area contributed by atoms with E-state index in [9.17, 15) is 4.79 Å². The Kier molecular flexibility index (Phi) is 2.56. The van der Waals surface area contributed by atoms with Gasteiger partial charge < -0.3 is 14.9 Å². The summed E-state index contributed by atoms with van der Waals surface area (Å²) in [6.45, 7) is 1.70. The highest BCUT2D eigenvalue weighted by molar-refractivity contribution is 5.83. The van der Waals surface area contributed by atoms with Crippen LogP contribution in [0.15, 0.2) is 22.7 Å². The molecule has 1 aliphatic rings. The third-order valence-electron chi connectivity index (χ3n) is 2.99. The lowest BCUT2D eigenvalue weighted by Crippen LogP contribution is -2.24. The van der Waals surface area contributed by atoms with E-state index in [1.54, 1.807) is 0 Å². The van der Waals surface area contributed by atoms with Crippen molar-refractivity contribution < 1.29 is 14.4 Å². The number of hydrogen-bond acceptors (Lipinski definition) is 5.